The molecular formula is C19H18F2N2O3. The molecule has 0 unspecified atom stereocenters. The number of hydrogen-bond donors (Lipinski definition) is 2. The fraction of sp³-hybridized carbons (Fsp3) is 0.263. The predicted octanol–water partition coefficient (Wildman–Crippen LogP) is 3.36. The van der Waals surface area contributed by atoms with Crippen LogP contribution >= 0.6 is 0 Å². The number of halogens is 2. The fourth-order valence-electron chi connectivity index (χ4n) is 2.45. The van der Waals surface area contributed by atoms with Crippen LogP contribution in [0.3, 0.4) is 0 Å². The molecule has 2 aromatic rings. The zero-order chi connectivity index (χ0) is 18.5. The van der Waals surface area contributed by atoms with Crippen molar-refractivity contribution in [1.29, 1.82) is 0 Å². The Kier molecular flexibility index (Phi) is 5.46. The second-order valence-electron chi connectivity index (χ2n) is 6.04. The smallest absolute Gasteiger partial charge is 0.387 e. The molecule has 26 heavy (non-hydrogen) atoms. The minimum absolute atomic E-state index is 0.0336. The first-order chi connectivity index (χ1) is 12.5. The molecular weight excluding hydrogens is 342 g/mol. The van der Waals surface area contributed by atoms with Crippen LogP contribution in [0.4, 0.5) is 14.5 Å². The summed E-state index contributed by atoms with van der Waals surface area (Å²) < 4.78 is 28.6. The maximum Gasteiger partial charge on any atom is 0.387 e. The summed E-state index contributed by atoms with van der Waals surface area (Å²) in [5.41, 5.74) is 1.49. The Bertz CT molecular complexity index is 790. The first-order valence-electron chi connectivity index (χ1n) is 8.25. The lowest BCUT2D eigenvalue weighted by atomic mass is 10.1. The molecule has 3 rings (SSSR count). The highest BCUT2D eigenvalue weighted by Gasteiger charge is 2.25. The first-order valence-corrected chi connectivity index (χ1v) is 8.25. The largest absolute Gasteiger partial charge is 0.435 e. The van der Waals surface area contributed by atoms with Gasteiger partial charge in [0.2, 0.25) is 5.91 Å². The molecule has 0 radical (unpaired) electrons. The summed E-state index contributed by atoms with van der Waals surface area (Å²) in [6.07, 6.45) is 2.00. The Hall–Kier alpha value is -2.96. The molecule has 1 fully saturated rings. The third-order valence-corrected chi connectivity index (χ3v) is 3.87. The zero-order valence-corrected chi connectivity index (χ0v) is 13.9. The van der Waals surface area contributed by atoms with Gasteiger partial charge < -0.3 is 15.4 Å². The fourth-order valence-corrected chi connectivity index (χ4v) is 2.45. The lowest BCUT2D eigenvalue weighted by molar-refractivity contribution is -0.115. The summed E-state index contributed by atoms with van der Waals surface area (Å²) in [5, 5.41) is 5.62. The number of benzene rings is 2. The van der Waals surface area contributed by atoms with E-state index in [9.17, 15) is 18.4 Å². The van der Waals surface area contributed by atoms with Crippen molar-refractivity contribution in [2.45, 2.75) is 31.9 Å². The van der Waals surface area contributed by atoms with Gasteiger partial charge in [0, 0.05) is 6.04 Å². The number of para-hydroxylation sites is 1. The summed E-state index contributed by atoms with van der Waals surface area (Å²) in [4.78, 5) is 24.5. The maximum absolute atomic E-state index is 12.3. The highest BCUT2D eigenvalue weighted by Crippen LogP contribution is 2.22. The van der Waals surface area contributed by atoms with Crippen LogP contribution in [-0.4, -0.2) is 24.5 Å². The summed E-state index contributed by atoms with van der Waals surface area (Å²) in [6, 6.07) is 12.9. The van der Waals surface area contributed by atoms with Gasteiger partial charge in [0.1, 0.15) is 5.75 Å². The van der Waals surface area contributed by atoms with E-state index in [0.717, 1.165) is 12.8 Å². The van der Waals surface area contributed by atoms with Crippen LogP contribution in [0.2, 0.25) is 0 Å². The van der Waals surface area contributed by atoms with E-state index in [1.807, 2.05) is 0 Å². The van der Waals surface area contributed by atoms with Crippen molar-refractivity contribution in [3.63, 3.8) is 0 Å². The van der Waals surface area contributed by atoms with Gasteiger partial charge in [-0.2, -0.15) is 8.78 Å². The molecule has 2 N–H and O–H groups in total. The molecule has 7 heteroatoms. The highest BCUT2D eigenvalue weighted by molar-refractivity contribution is 6.04. The van der Waals surface area contributed by atoms with Gasteiger partial charge >= 0.3 is 6.61 Å². The number of anilines is 1. The van der Waals surface area contributed by atoms with Crippen LogP contribution < -0.4 is 15.4 Å². The number of nitrogens with one attached hydrogen (secondary N) is 2. The van der Waals surface area contributed by atoms with Gasteiger partial charge in [0.05, 0.1) is 17.7 Å². The van der Waals surface area contributed by atoms with Gasteiger partial charge in [-0.25, -0.2) is 0 Å². The molecule has 1 saturated carbocycles. The van der Waals surface area contributed by atoms with Crippen molar-refractivity contribution in [1.82, 2.24) is 5.32 Å². The number of carbonyl (C=O) groups is 2. The van der Waals surface area contributed by atoms with E-state index in [4.69, 9.17) is 0 Å². The first kappa shape index (κ1) is 17.8. The lowest BCUT2D eigenvalue weighted by Crippen LogP contribution is -2.27. The van der Waals surface area contributed by atoms with E-state index in [-0.39, 0.29) is 30.0 Å². The van der Waals surface area contributed by atoms with E-state index < -0.39 is 6.61 Å². The average molecular weight is 360 g/mol. The molecule has 1 aliphatic carbocycles. The molecule has 136 valence electrons. The van der Waals surface area contributed by atoms with Gasteiger partial charge in [-0.15, -0.1) is 0 Å². The zero-order valence-electron chi connectivity index (χ0n) is 13.9. The minimum atomic E-state index is -2.89. The average Bonchev–Trinajstić information content (AvgIpc) is 3.40. The van der Waals surface area contributed by atoms with Crippen LogP contribution in [0.5, 0.6) is 5.75 Å². The van der Waals surface area contributed by atoms with Gasteiger partial charge in [-0.1, -0.05) is 24.3 Å². The molecule has 2 amide bonds. The standard InChI is InChI=1S/C19H18F2N2O3/c20-19(21)26-14-9-5-12(6-10-14)11-17(24)23-16-4-2-1-3-15(16)18(25)22-13-7-8-13/h1-6,9-10,13,19H,7-8,11H2,(H,22,25)(H,23,24). The van der Waals surface area contributed by atoms with E-state index in [1.165, 1.54) is 12.1 Å². The summed E-state index contributed by atoms with van der Waals surface area (Å²) in [6.45, 7) is -2.89. The summed E-state index contributed by atoms with van der Waals surface area (Å²) >= 11 is 0. The molecule has 0 bridgehead atoms. The predicted molar refractivity (Wildman–Crippen MR) is 92.3 cm³/mol. The number of hydrogen-bond acceptors (Lipinski definition) is 3. The number of alkyl halides is 2. The summed E-state index contributed by atoms with van der Waals surface area (Å²) in [5.74, 6) is -0.484. The number of ether oxygens (including phenoxy) is 1. The molecule has 0 aliphatic heterocycles. The second kappa shape index (κ2) is 7.95. The quantitative estimate of drug-likeness (QED) is 0.796. The van der Waals surface area contributed by atoms with Gasteiger partial charge in [0.15, 0.2) is 0 Å². The van der Waals surface area contributed by atoms with Crippen LogP contribution in [0.1, 0.15) is 28.8 Å². The Morgan fingerprint density at radius 3 is 2.42 bits per heavy atom. The van der Waals surface area contributed by atoms with Crippen LogP contribution in [0.15, 0.2) is 48.5 Å². The van der Waals surface area contributed by atoms with Crippen molar-refractivity contribution in [3.05, 3.63) is 59.7 Å². The normalized spacial score (nSPS) is 13.3. The van der Waals surface area contributed by atoms with Gasteiger partial charge in [0.25, 0.3) is 5.91 Å². The molecule has 2 aromatic carbocycles. The van der Waals surface area contributed by atoms with E-state index in [1.54, 1.807) is 36.4 Å². The van der Waals surface area contributed by atoms with Crippen molar-refractivity contribution in [2.75, 3.05) is 5.32 Å². The van der Waals surface area contributed by atoms with Gasteiger partial charge in [-0.05, 0) is 42.7 Å². The number of amides is 2. The van der Waals surface area contributed by atoms with Crippen molar-refractivity contribution in [2.24, 2.45) is 0 Å². The van der Waals surface area contributed by atoms with Crippen molar-refractivity contribution < 1.29 is 23.1 Å². The minimum Gasteiger partial charge on any atom is -0.435 e. The van der Waals surface area contributed by atoms with Crippen LogP contribution in [0, 0.1) is 0 Å². The van der Waals surface area contributed by atoms with Crippen molar-refractivity contribution in [3.8, 4) is 5.75 Å². The van der Waals surface area contributed by atoms with E-state index >= 15 is 0 Å². The maximum atomic E-state index is 12.3. The molecule has 0 heterocycles. The van der Waals surface area contributed by atoms with Crippen LogP contribution in [-0.2, 0) is 11.2 Å². The number of carbonyl (C=O) groups excluding carboxylic acids is 2. The SMILES string of the molecule is O=C(Cc1ccc(OC(F)F)cc1)Nc1ccccc1C(=O)NC1CC1. The van der Waals surface area contributed by atoms with E-state index in [0.29, 0.717) is 16.8 Å². The Balaban J connectivity index is 1.62. The molecule has 0 spiro atoms. The molecule has 1 aliphatic rings. The Morgan fingerprint density at radius 1 is 1.08 bits per heavy atom. The molecule has 5 nitrogen and oxygen atoms in total. The molecule has 0 saturated heterocycles. The Morgan fingerprint density at radius 2 is 1.77 bits per heavy atom. The highest BCUT2D eigenvalue weighted by atomic mass is 19.3. The van der Waals surface area contributed by atoms with Crippen molar-refractivity contribution >= 4 is 17.5 Å². The lowest BCUT2D eigenvalue weighted by Gasteiger charge is -2.11. The van der Waals surface area contributed by atoms with Gasteiger partial charge in [-0.3, -0.25) is 9.59 Å². The topological polar surface area (TPSA) is 67.4 Å². The number of rotatable bonds is 7. The molecule has 0 atom stereocenters. The summed E-state index contributed by atoms with van der Waals surface area (Å²) in [7, 11) is 0. The second-order valence-corrected chi connectivity index (χ2v) is 6.04. The Labute approximate surface area is 149 Å². The monoisotopic (exact) mass is 360 g/mol. The molecule has 0 aromatic heterocycles. The third-order valence-electron chi connectivity index (χ3n) is 3.87. The van der Waals surface area contributed by atoms with Crippen LogP contribution in [0.25, 0.3) is 0 Å². The third kappa shape index (κ3) is 5.02. The van der Waals surface area contributed by atoms with E-state index in [2.05, 4.69) is 15.4 Å².